The Morgan fingerprint density at radius 3 is 2.26 bits per heavy atom. The van der Waals surface area contributed by atoms with Crippen LogP contribution < -0.4 is 5.06 Å². The number of anilines is 1. The highest BCUT2D eigenvalue weighted by molar-refractivity contribution is 9.10. The summed E-state index contributed by atoms with van der Waals surface area (Å²) in [6.45, 7) is 0.194. The molecule has 3 aromatic carbocycles. The maximum absolute atomic E-state index is 13.9. The molecule has 0 N–H and O–H groups in total. The van der Waals surface area contributed by atoms with Crippen molar-refractivity contribution in [1.29, 1.82) is 0 Å². The van der Waals surface area contributed by atoms with Gasteiger partial charge in [0.15, 0.2) is 6.10 Å². The Morgan fingerprint density at radius 2 is 1.58 bits per heavy atom. The number of hydroxylamine groups is 1. The minimum atomic E-state index is -0.926. The van der Waals surface area contributed by atoms with Crippen molar-refractivity contribution in [2.24, 2.45) is 5.92 Å². The van der Waals surface area contributed by atoms with E-state index in [4.69, 9.17) is 4.84 Å². The van der Waals surface area contributed by atoms with Crippen LogP contribution in [0.15, 0.2) is 83.3 Å². The molecule has 2 aliphatic rings. The Bertz CT molecular complexity index is 1140. The molecule has 3 aromatic rings. The number of imide groups is 1. The summed E-state index contributed by atoms with van der Waals surface area (Å²) in [5, 5.41) is 1.60. The van der Waals surface area contributed by atoms with Crippen LogP contribution in [0.4, 0.5) is 10.1 Å². The molecule has 2 aliphatic heterocycles. The van der Waals surface area contributed by atoms with E-state index in [2.05, 4.69) is 15.9 Å². The van der Waals surface area contributed by atoms with E-state index in [1.54, 1.807) is 17.2 Å². The number of hydrogen-bond acceptors (Lipinski definition) is 4. The number of para-hydroxylation sites is 1. The van der Waals surface area contributed by atoms with Gasteiger partial charge in [0.05, 0.1) is 22.7 Å². The zero-order chi connectivity index (χ0) is 21.5. The van der Waals surface area contributed by atoms with Gasteiger partial charge in [0, 0.05) is 0 Å². The molecule has 31 heavy (non-hydrogen) atoms. The van der Waals surface area contributed by atoms with Crippen LogP contribution in [0.25, 0.3) is 0 Å². The number of hydrogen-bond donors (Lipinski definition) is 0. The molecule has 0 spiro atoms. The van der Waals surface area contributed by atoms with Gasteiger partial charge in [-0.25, -0.2) is 9.45 Å². The fourth-order valence-electron chi connectivity index (χ4n) is 4.23. The average molecular weight is 481 g/mol. The smallest absolute Gasteiger partial charge is 0.262 e. The number of benzene rings is 3. The topological polar surface area (TPSA) is 49.9 Å². The van der Waals surface area contributed by atoms with Crippen molar-refractivity contribution in [3.05, 3.63) is 100 Å². The third-order valence-electron chi connectivity index (χ3n) is 5.69. The van der Waals surface area contributed by atoms with Gasteiger partial charge in [0.25, 0.3) is 5.91 Å². The summed E-state index contributed by atoms with van der Waals surface area (Å²) in [6, 6.07) is 22.7. The number of halogens is 2. The summed E-state index contributed by atoms with van der Waals surface area (Å²) in [5.74, 6) is -1.77. The average Bonchev–Trinajstić information content (AvgIpc) is 3.29. The van der Waals surface area contributed by atoms with Crippen LogP contribution in [0.3, 0.4) is 0 Å². The van der Waals surface area contributed by atoms with Gasteiger partial charge in [-0.05, 0) is 51.3 Å². The quantitative estimate of drug-likeness (QED) is 0.510. The molecule has 0 aliphatic carbocycles. The molecule has 3 atom stereocenters. The molecule has 5 rings (SSSR count). The summed E-state index contributed by atoms with van der Waals surface area (Å²) in [7, 11) is 0. The molecule has 2 fully saturated rings. The van der Waals surface area contributed by atoms with E-state index in [1.165, 1.54) is 11.0 Å². The lowest BCUT2D eigenvalue weighted by atomic mass is 9.90. The minimum absolute atomic E-state index is 0.194. The lowest BCUT2D eigenvalue weighted by Crippen LogP contribution is -2.36. The van der Waals surface area contributed by atoms with Crippen molar-refractivity contribution >= 4 is 33.4 Å². The second-order valence-electron chi connectivity index (χ2n) is 7.58. The summed E-state index contributed by atoms with van der Waals surface area (Å²) in [4.78, 5) is 33.9. The number of rotatable bonds is 4. The number of likely N-dealkylation sites (tertiary alicyclic amines) is 1. The molecule has 5 nitrogen and oxygen atoms in total. The number of fused-ring (bicyclic) bond motifs is 1. The summed E-state index contributed by atoms with van der Waals surface area (Å²) in [5.41, 5.74) is 2.27. The Kier molecular flexibility index (Phi) is 5.08. The van der Waals surface area contributed by atoms with E-state index >= 15 is 0 Å². The summed E-state index contributed by atoms with van der Waals surface area (Å²) in [6.07, 6.45) is -0.926. The van der Waals surface area contributed by atoms with Crippen molar-refractivity contribution in [2.75, 3.05) is 5.06 Å². The number of carbonyl (C=O) groups is 2. The predicted molar refractivity (Wildman–Crippen MR) is 116 cm³/mol. The Balaban J connectivity index is 1.54. The largest absolute Gasteiger partial charge is 0.275 e. The third-order valence-corrected chi connectivity index (χ3v) is 6.29. The standard InChI is InChI=1S/C24H18BrFN2O3/c25-18-13-16(11-12-19(18)26)21-20-22(31-28(21)17-9-5-2-6-10-17)24(30)27(23(20)29)14-15-7-3-1-4-8-15/h1-13,20-22H,14H2/t20-,21-,22-/m0/s1. The first-order valence-corrected chi connectivity index (χ1v) is 10.7. The van der Waals surface area contributed by atoms with E-state index in [1.807, 2.05) is 60.7 Å². The zero-order valence-corrected chi connectivity index (χ0v) is 17.9. The molecule has 0 aromatic heterocycles. The van der Waals surface area contributed by atoms with Crippen LogP contribution in [0, 0.1) is 11.7 Å². The molecule has 2 heterocycles. The normalized spacial score (nSPS) is 22.8. The van der Waals surface area contributed by atoms with Gasteiger partial charge in [-0.15, -0.1) is 0 Å². The van der Waals surface area contributed by atoms with Gasteiger partial charge in [-0.1, -0.05) is 54.6 Å². The van der Waals surface area contributed by atoms with E-state index < -0.39 is 23.9 Å². The maximum Gasteiger partial charge on any atom is 0.262 e. The van der Waals surface area contributed by atoms with Crippen LogP contribution >= 0.6 is 15.9 Å². The SMILES string of the molecule is O=C1[C@@H]2[C@H](ON(c3ccccc3)[C@H]2c2ccc(F)c(Br)c2)C(=O)N1Cc1ccccc1. The molecule has 0 saturated carbocycles. The first-order chi connectivity index (χ1) is 15.0. The first kappa shape index (κ1) is 19.9. The Hall–Kier alpha value is -3.03. The predicted octanol–water partition coefficient (Wildman–Crippen LogP) is 4.63. The van der Waals surface area contributed by atoms with Crippen LogP contribution in [-0.4, -0.2) is 22.8 Å². The Labute approximate surface area is 187 Å². The van der Waals surface area contributed by atoms with Crippen molar-refractivity contribution in [3.63, 3.8) is 0 Å². The second kappa shape index (κ2) is 7.90. The fourth-order valence-corrected chi connectivity index (χ4v) is 4.62. The van der Waals surface area contributed by atoms with E-state index in [0.29, 0.717) is 10.0 Å². The molecular weight excluding hydrogens is 463 g/mol. The van der Waals surface area contributed by atoms with Crippen molar-refractivity contribution < 1.29 is 18.8 Å². The molecular formula is C24H18BrFN2O3. The molecule has 0 unspecified atom stereocenters. The maximum atomic E-state index is 13.9. The summed E-state index contributed by atoms with van der Waals surface area (Å²) < 4.78 is 14.2. The number of amides is 2. The lowest BCUT2D eigenvalue weighted by molar-refractivity contribution is -0.143. The molecule has 156 valence electrons. The third kappa shape index (κ3) is 3.43. The molecule has 7 heteroatoms. The van der Waals surface area contributed by atoms with Crippen LogP contribution in [-0.2, 0) is 21.0 Å². The van der Waals surface area contributed by atoms with Crippen LogP contribution in [0.1, 0.15) is 17.2 Å². The van der Waals surface area contributed by atoms with Crippen LogP contribution in [0.5, 0.6) is 0 Å². The number of nitrogens with zero attached hydrogens (tertiary/aromatic N) is 2. The second-order valence-corrected chi connectivity index (χ2v) is 8.43. The molecule has 2 saturated heterocycles. The molecule has 0 bridgehead atoms. The molecule has 2 amide bonds. The highest BCUT2D eigenvalue weighted by Gasteiger charge is 2.59. The minimum Gasteiger partial charge on any atom is -0.275 e. The fraction of sp³-hybridized carbons (Fsp3) is 0.167. The summed E-state index contributed by atoms with van der Waals surface area (Å²) >= 11 is 3.23. The molecule has 0 radical (unpaired) electrons. The highest BCUT2D eigenvalue weighted by Crippen LogP contribution is 2.47. The van der Waals surface area contributed by atoms with Gasteiger partial charge in [-0.3, -0.25) is 19.3 Å². The van der Waals surface area contributed by atoms with Gasteiger partial charge in [0.2, 0.25) is 5.91 Å². The first-order valence-electron chi connectivity index (χ1n) is 9.90. The van der Waals surface area contributed by atoms with Crippen molar-refractivity contribution in [1.82, 2.24) is 4.90 Å². The number of carbonyl (C=O) groups excluding carboxylic acids is 2. The zero-order valence-electron chi connectivity index (χ0n) is 16.3. The van der Waals surface area contributed by atoms with Crippen LogP contribution in [0.2, 0.25) is 0 Å². The van der Waals surface area contributed by atoms with Gasteiger partial charge in [0.1, 0.15) is 11.7 Å². The van der Waals surface area contributed by atoms with Crippen molar-refractivity contribution in [3.8, 4) is 0 Å². The van der Waals surface area contributed by atoms with Crippen molar-refractivity contribution in [2.45, 2.75) is 18.7 Å². The monoisotopic (exact) mass is 480 g/mol. The lowest BCUT2D eigenvalue weighted by Gasteiger charge is -2.29. The van der Waals surface area contributed by atoms with Gasteiger partial charge < -0.3 is 0 Å². The van der Waals surface area contributed by atoms with E-state index in [0.717, 1.165) is 11.3 Å². The van der Waals surface area contributed by atoms with Gasteiger partial charge in [-0.2, -0.15) is 0 Å². The van der Waals surface area contributed by atoms with E-state index in [-0.39, 0.29) is 18.4 Å². The van der Waals surface area contributed by atoms with Gasteiger partial charge >= 0.3 is 0 Å². The highest BCUT2D eigenvalue weighted by atomic mass is 79.9. The van der Waals surface area contributed by atoms with E-state index in [9.17, 15) is 14.0 Å². The Morgan fingerprint density at radius 1 is 0.903 bits per heavy atom.